The number of rotatable bonds is 4. The molecule has 5 rings (SSSR count). The smallest absolute Gasteiger partial charge is 0.289 e. The number of nitrogens with zero attached hydrogens (tertiary/aromatic N) is 3. The second-order valence-electron chi connectivity index (χ2n) is 8.00. The second kappa shape index (κ2) is 8.34. The molecule has 3 heterocycles. The molecule has 7 heteroatoms. The van der Waals surface area contributed by atoms with Gasteiger partial charge < -0.3 is 19.1 Å². The van der Waals surface area contributed by atoms with Crippen LogP contribution in [0, 0.1) is 0 Å². The predicted octanol–water partition coefficient (Wildman–Crippen LogP) is 2.96. The van der Waals surface area contributed by atoms with Crippen LogP contribution in [0.25, 0.3) is 0 Å². The second-order valence-corrected chi connectivity index (χ2v) is 8.00. The average Bonchev–Trinajstić information content (AvgIpc) is 3.49. The van der Waals surface area contributed by atoms with E-state index in [0.717, 1.165) is 11.1 Å². The van der Waals surface area contributed by atoms with Gasteiger partial charge in [-0.05, 0) is 29.3 Å². The number of hydrogen-bond donors (Lipinski definition) is 0. The summed E-state index contributed by atoms with van der Waals surface area (Å²) in [6.07, 6.45) is 1.47. The van der Waals surface area contributed by atoms with Gasteiger partial charge in [0.2, 0.25) is 5.91 Å². The molecule has 2 aliphatic heterocycles. The first kappa shape index (κ1) is 20.1. The minimum Gasteiger partial charge on any atom is -0.459 e. The third kappa shape index (κ3) is 3.56. The molecule has 3 aromatic rings. The van der Waals surface area contributed by atoms with E-state index in [1.807, 2.05) is 54.6 Å². The van der Waals surface area contributed by atoms with Gasteiger partial charge in [-0.15, -0.1) is 0 Å². The van der Waals surface area contributed by atoms with Crippen LogP contribution in [0.1, 0.15) is 38.1 Å². The Bertz CT molecular complexity index is 1140. The van der Waals surface area contributed by atoms with Gasteiger partial charge in [-0.1, -0.05) is 48.5 Å². The molecule has 1 fully saturated rings. The molecular weight excluding hydrogens is 406 g/mol. The summed E-state index contributed by atoms with van der Waals surface area (Å²) in [4.78, 5) is 44.5. The largest absolute Gasteiger partial charge is 0.459 e. The van der Waals surface area contributed by atoms with Gasteiger partial charge in [-0.2, -0.15) is 0 Å². The maximum Gasteiger partial charge on any atom is 0.289 e. The van der Waals surface area contributed by atoms with Crippen LogP contribution in [0.3, 0.4) is 0 Å². The molecule has 1 unspecified atom stereocenters. The van der Waals surface area contributed by atoms with Gasteiger partial charge in [0, 0.05) is 38.3 Å². The lowest BCUT2D eigenvalue weighted by Gasteiger charge is -2.38. The standard InChI is InChI=1S/C25H23N3O4/c29-23-20-10-5-4-9-19(20)17-28(23)22(18-7-2-1-3-8-18)25(31)27-14-12-26(13-15-27)24(30)21-11-6-16-32-21/h1-11,16,22H,12-15,17H2. The lowest BCUT2D eigenvalue weighted by molar-refractivity contribution is -0.138. The Hall–Kier alpha value is -3.87. The summed E-state index contributed by atoms with van der Waals surface area (Å²) < 4.78 is 5.21. The molecule has 32 heavy (non-hydrogen) atoms. The highest BCUT2D eigenvalue weighted by atomic mass is 16.3. The number of piperazine rings is 1. The van der Waals surface area contributed by atoms with Crippen molar-refractivity contribution in [2.45, 2.75) is 12.6 Å². The Kier molecular flexibility index (Phi) is 5.23. The van der Waals surface area contributed by atoms with Crippen LogP contribution in [0.4, 0.5) is 0 Å². The van der Waals surface area contributed by atoms with E-state index < -0.39 is 6.04 Å². The summed E-state index contributed by atoms with van der Waals surface area (Å²) in [6.45, 7) is 2.05. The van der Waals surface area contributed by atoms with Crippen molar-refractivity contribution >= 4 is 17.7 Å². The third-order valence-corrected chi connectivity index (χ3v) is 6.12. The van der Waals surface area contributed by atoms with E-state index in [2.05, 4.69) is 0 Å². The quantitative estimate of drug-likeness (QED) is 0.639. The lowest BCUT2D eigenvalue weighted by Crippen LogP contribution is -2.53. The normalized spacial score (nSPS) is 16.8. The van der Waals surface area contributed by atoms with E-state index in [4.69, 9.17) is 4.42 Å². The molecular formula is C25H23N3O4. The minimum atomic E-state index is -0.705. The first-order chi connectivity index (χ1) is 15.6. The van der Waals surface area contributed by atoms with Crippen molar-refractivity contribution in [3.8, 4) is 0 Å². The van der Waals surface area contributed by atoms with E-state index in [9.17, 15) is 14.4 Å². The molecule has 0 saturated carbocycles. The van der Waals surface area contributed by atoms with Crippen molar-refractivity contribution < 1.29 is 18.8 Å². The van der Waals surface area contributed by atoms with Crippen molar-refractivity contribution in [3.05, 3.63) is 95.4 Å². The number of amides is 3. The Morgan fingerprint density at radius 3 is 2.19 bits per heavy atom. The molecule has 0 spiro atoms. The zero-order chi connectivity index (χ0) is 22.1. The molecule has 0 bridgehead atoms. The fraction of sp³-hybridized carbons (Fsp3) is 0.240. The van der Waals surface area contributed by atoms with Crippen LogP contribution in [0.5, 0.6) is 0 Å². The average molecular weight is 429 g/mol. The summed E-state index contributed by atoms with van der Waals surface area (Å²) in [5.41, 5.74) is 2.36. The molecule has 1 atom stereocenters. The van der Waals surface area contributed by atoms with Crippen molar-refractivity contribution in [3.63, 3.8) is 0 Å². The predicted molar refractivity (Wildman–Crippen MR) is 117 cm³/mol. The summed E-state index contributed by atoms with van der Waals surface area (Å²) in [5.74, 6) is -0.129. The van der Waals surface area contributed by atoms with Crippen LogP contribution in [0.15, 0.2) is 77.4 Å². The van der Waals surface area contributed by atoms with E-state index in [1.165, 1.54) is 6.26 Å². The van der Waals surface area contributed by atoms with Crippen molar-refractivity contribution in [1.82, 2.24) is 14.7 Å². The Morgan fingerprint density at radius 2 is 1.50 bits per heavy atom. The highest BCUT2D eigenvalue weighted by molar-refractivity contribution is 6.01. The number of benzene rings is 2. The van der Waals surface area contributed by atoms with E-state index in [0.29, 0.717) is 44.0 Å². The SMILES string of the molecule is O=C(c1ccco1)N1CCN(C(=O)C(c2ccccc2)N2Cc3ccccc3C2=O)CC1. The molecule has 162 valence electrons. The monoisotopic (exact) mass is 429 g/mol. The Labute approximate surface area is 185 Å². The summed E-state index contributed by atoms with van der Waals surface area (Å²) in [7, 11) is 0. The van der Waals surface area contributed by atoms with Crippen molar-refractivity contribution in [1.29, 1.82) is 0 Å². The van der Waals surface area contributed by atoms with Crippen LogP contribution in [-0.4, -0.2) is 58.6 Å². The van der Waals surface area contributed by atoms with Gasteiger partial charge in [-0.3, -0.25) is 14.4 Å². The van der Waals surface area contributed by atoms with Gasteiger partial charge in [-0.25, -0.2) is 0 Å². The number of fused-ring (bicyclic) bond motifs is 1. The van der Waals surface area contributed by atoms with Gasteiger partial charge >= 0.3 is 0 Å². The van der Waals surface area contributed by atoms with E-state index in [-0.39, 0.29) is 17.7 Å². The molecule has 0 N–H and O–H groups in total. The highest BCUT2D eigenvalue weighted by Gasteiger charge is 2.40. The summed E-state index contributed by atoms with van der Waals surface area (Å²) >= 11 is 0. The van der Waals surface area contributed by atoms with E-state index in [1.54, 1.807) is 26.8 Å². The van der Waals surface area contributed by atoms with E-state index >= 15 is 0 Å². The number of carbonyl (C=O) groups excluding carboxylic acids is 3. The minimum absolute atomic E-state index is 0.123. The van der Waals surface area contributed by atoms with Crippen LogP contribution in [0.2, 0.25) is 0 Å². The van der Waals surface area contributed by atoms with Gasteiger partial charge in [0.1, 0.15) is 6.04 Å². The fourth-order valence-corrected chi connectivity index (χ4v) is 4.44. The third-order valence-electron chi connectivity index (χ3n) is 6.12. The number of furan rings is 1. The molecule has 0 aliphatic carbocycles. The fourth-order valence-electron chi connectivity index (χ4n) is 4.44. The van der Waals surface area contributed by atoms with Gasteiger partial charge in [0.15, 0.2) is 5.76 Å². The Balaban J connectivity index is 1.36. The molecule has 1 aromatic heterocycles. The molecule has 2 aromatic carbocycles. The first-order valence-electron chi connectivity index (χ1n) is 10.7. The molecule has 3 amide bonds. The number of hydrogen-bond acceptors (Lipinski definition) is 4. The molecule has 7 nitrogen and oxygen atoms in total. The maximum atomic E-state index is 13.7. The van der Waals surface area contributed by atoms with Gasteiger partial charge in [0.25, 0.3) is 11.8 Å². The zero-order valence-corrected chi connectivity index (χ0v) is 17.5. The first-order valence-corrected chi connectivity index (χ1v) is 10.7. The van der Waals surface area contributed by atoms with Crippen molar-refractivity contribution in [2.24, 2.45) is 0 Å². The maximum absolute atomic E-state index is 13.7. The topological polar surface area (TPSA) is 74.1 Å². The summed E-state index contributed by atoms with van der Waals surface area (Å²) in [5, 5.41) is 0. The zero-order valence-electron chi connectivity index (χ0n) is 17.5. The molecule has 2 aliphatic rings. The lowest BCUT2D eigenvalue weighted by atomic mass is 10.0. The van der Waals surface area contributed by atoms with Gasteiger partial charge in [0.05, 0.1) is 6.26 Å². The molecule has 1 saturated heterocycles. The van der Waals surface area contributed by atoms with Crippen molar-refractivity contribution in [2.75, 3.05) is 26.2 Å². The number of carbonyl (C=O) groups is 3. The summed E-state index contributed by atoms with van der Waals surface area (Å²) in [6, 6.07) is 19.5. The van der Waals surface area contributed by atoms with Crippen LogP contribution < -0.4 is 0 Å². The van der Waals surface area contributed by atoms with Crippen LogP contribution in [-0.2, 0) is 11.3 Å². The highest BCUT2D eigenvalue weighted by Crippen LogP contribution is 2.33. The van der Waals surface area contributed by atoms with Crippen LogP contribution >= 0.6 is 0 Å². The molecule has 0 radical (unpaired) electrons. The Morgan fingerprint density at radius 1 is 0.812 bits per heavy atom.